The number of allylic oxidation sites excluding steroid dienone is 2. The minimum atomic E-state index is -1.07. The number of hydrogen-bond acceptors (Lipinski definition) is 4. The molecule has 0 bridgehead atoms. The van der Waals surface area contributed by atoms with Gasteiger partial charge in [-0.25, -0.2) is 0 Å². The summed E-state index contributed by atoms with van der Waals surface area (Å²) in [6, 6.07) is -0.707. The van der Waals surface area contributed by atoms with Gasteiger partial charge in [0.05, 0.1) is 18.8 Å². The summed E-state index contributed by atoms with van der Waals surface area (Å²) in [5.41, 5.74) is 0. The SMILES string of the molecule is CCCCCCCCCCCCCCCCCC/C=C\CCCCCCCCCCCCCCCCCCC(O)C(=O)NC(CO)C(O)CCCCCCCCCCCC. The van der Waals surface area contributed by atoms with Gasteiger partial charge in [-0.2, -0.15) is 0 Å². The van der Waals surface area contributed by atoms with Crippen molar-refractivity contribution in [3.63, 3.8) is 0 Å². The Bertz CT molecular complexity index is 848. The third kappa shape index (κ3) is 45.1. The summed E-state index contributed by atoms with van der Waals surface area (Å²) in [4.78, 5) is 12.5. The van der Waals surface area contributed by atoms with Gasteiger partial charge in [0.1, 0.15) is 6.10 Å². The largest absolute Gasteiger partial charge is 0.394 e. The maximum atomic E-state index is 12.5. The van der Waals surface area contributed by atoms with E-state index in [2.05, 4.69) is 31.3 Å². The number of carbonyl (C=O) groups excluding carboxylic acids is 1. The first-order valence-electron chi connectivity index (χ1n) is 27.5. The highest BCUT2D eigenvalue weighted by Gasteiger charge is 2.23. The summed E-state index contributed by atoms with van der Waals surface area (Å²) in [7, 11) is 0. The molecule has 0 rings (SSSR count). The van der Waals surface area contributed by atoms with E-state index in [0.717, 1.165) is 32.1 Å². The lowest BCUT2D eigenvalue weighted by molar-refractivity contribution is -0.131. The first kappa shape index (κ1) is 59.1. The molecule has 0 aromatic heterocycles. The predicted molar refractivity (Wildman–Crippen MR) is 264 cm³/mol. The van der Waals surface area contributed by atoms with Crippen LogP contribution in [0.3, 0.4) is 0 Å². The van der Waals surface area contributed by atoms with Gasteiger partial charge in [-0.05, 0) is 38.5 Å². The Labute approximate surface area is 376 Å². The number of nitrogens with one attached hydrogen (secondary N) is 1. The van der Waals surface area contributed by atoms with Gasteiger partial charge in [0.2, 0.25) is 5.91 Å². The van der Waals surface area contributed by atoms with E-state index in [-0.39, 0.29) is 6.61 Å². The lowest BCUT2D eigenvalue weighted by Gasteiger charge is -2.23. The topological polar surface area (TPSA) is 89.8 Å². The van der Waals surface area contributed by atoms with Gasteiger partial charge in [0.25, 0.3) is 0 Å². The van der Waals surface area contributed by atoms with Gasteiger partial charge in [0, 0.05) is 0 Å². The molecule has 0 spiro atoms. The van der Waals surface area contributed by atoms with E-state index < -0.39 is 24.2 Å². The predicted octanol–water partition coefficient (Wildman–Crippen LogP) is 16.7. The molecular weight excluding hydrogens is 739 g/mol. The number of carbonyl (C=O) groups is 1. The maximum absolute atomic E-state index is 12.5. The van der Waals surface area contributed by atoms with Crippen molar-refractivity contribution in [3.8, 4) is 0 Å². The zero-order valence-electron chi connectivity index (χ0n) is 40.9. The van der Waals surface area contributed by atoms with Crippen LogP contribution in [0.1, 0.15) is 309 Å². The van der Waals surface area contributed by atoms with Crippen molar-refractivity contribution in [2.24, 2.45) is 0 Å². The highest BCUT2D eigenvalue weighted by molar-refractivity contribution is 5.80. The Balaban J connectivity index is 3.41. The number of hydrogen-bond donors (Lipinski definition) is 4. The molecule has 0 saturated heterocycles. The van der Waals surface area contributed by atoms with Crippen LogP contribution in [-0.2, 0) is 4.79 Å². The molecule has 1 amide bonds. The molecule has 60 heavy (non-hydrogen) atoms. The first-order valence-corrected chi connectivity index (χ1v) is 27.5. The number of unbranched alkanes of at least 4 members (excludes halogenated alkanes) is 41. The third-order valence-corrected chi connectivity index (χ3v) is 13.1. The molecule has 5 nitrogen and oxygen atoms in total. The van der Waals surface area contributed by atoms with E-state index in [1.165, 1.54) is 250 Å². The fourth-order valence-electron chi connectivity index (χ4n) is 8.84. The van der Waals surface area contributed by atoms with Crippen LogP contribution >= 0.6 is 0 Å². The summed E-state index contributed by atoms with van der Waals surface area (Å²) < 4.78 is 0. The molecule has 4 N–H and O–H groups in total. The Morgan fingerprint density at radius 3 is 0.917 bits per heavy atom. The summed E-state index contributed by atoms with van der Waals surface area (Å²) in [6.07, 6.45) is 62.8. The minimum absolute atomic E-state index is 0.310. The number of aliphatic hydroxyl groups excluding tert-OH is 3. The minimum Gasteiger partial charge on any atom is -0.394 e. The average molecular weight is 848 g/mol. The maximum Gasteiger partial charge on any atom is 0.249 e. The van der Waals surface area contributed by atoms with Gasteiger partial charge in [-0.3, -0.25) is 4.79 Å². The van der Waals surface area contributed by atoms with Crippen LogP contribution in [0.4, 0.5) is 0 Å². The van der Waals surface area contributed by atoms with Gasteiger partial charge >= 0.3 is 0 Å². The molecule has 3 unspecified atom stereocenters. The lowest BCUT2D eigenvalue weighted by atomic mass is 10.0. The molecule has 0 aliphatic rings. The zero-order chi connectivity index (χ0) is 43.7. The Kier molecular flexibility index (Phi) is 50.0. The van der Waals surface area contributed by atoms with Crippen LogP contribution in [0.5, 0.6) is 0 Å². The average Bonchev–Trinajstić information content (AvgIpc) is 3.25. The summed E-state index contributed by atoms with van der Waals surface area (Å²) in [6.45, 7) is 4.24. The van der Waals surface area contributed by atoms with E-state index in [4.69, 9.17) is 0 Å². The molecule has 5 heteroatoms. The quantitative estimate of drug-likeness (QED) is 0.0363. The number of aliphatic hydroxyl groups is 3. The molecule has 0 heterocycles. The molecule has 0 aliphatic heterocycles. The number of amides is 1. The van der Waals surface area contributed by atoms with Crippen LogP contribution < -0.4 is 5.32 Å². The second-order valence-electron chi connectivity index (χ2n) is 19.1. The van der Waals surface area contributed by atoms with Gasteiger partial charge < -0.3 is 20.6 Å². The smallest absolute Gasteiger partial charge is 0.249 e. The van der Waals surface area contributed by atoms with Crippen molar-refractivity contribution in [2.75, 3.05) is 6.61 Å². The van der Waals surface area contributed by atoms with Crippen LogP contribution in [0.15, 0.2) is 12.2 Å². The highest BCUT2D eigenvalue weighted by Crippen LogP contribution is 2.18. The normalized spacial score (nSPS) is 13.3. The van der Waals surface area contributed by atoms with Crippen LogP contribution in [0.25, 0.3) is 0 Å². The molecule has 3 atom stereocenters. The second kappa shape index (κ2) is 50.7. The molecular formula is C55H109NO4. The summed E-state index contributed by atoms with van der Waals surface area (Å²) in [5.74, 6) is -0.467. The van der Waals surface area contributed by atoms with E-state index in [0.29, 0.717) is 12.8 Å². The van der Waals surface area contributed by atoms with Crippen molar-refractivity contribution < 1.29 is 20.1 Å². The van der Waals surface area contributed by atoms with Gasteiger partial charge in [0.15, 0.2) is 0 Å². The monoisotopic (exact) mass is 848 g/mol. The molecule has 0 fully saturated rings. The molecule has 0 saturated carbocycles. The fourth-order valence-corrected chi connectivity index (χ4v) is 8.84. The van der Waals surface area contributed by atoms with Crippen molar-refractivity contribution in [1.29, 1.82) is 0 Å². The van der Waals surface area contributed by atoms with E-state index in [1.807, 2.05) is 0 Å². The zero-order valence-corrected chi connectivity index (χ0v) is 40.9. The Morgan fingerprint density at radius 2 is 0.633 bits per heavy atom. The molecule has 0 radical (unpaired) electrons. The third-order valence-electron chi connectivity index (χ3n) is 13.1. The molecule has 0 aromatic carbocycles. The Hall–Kier alpha value is -0.910. The molecule has 0 aromatic rings. The van der Waals surface area contributed by atoms with E-state index >= 15 is 0 Å². The first-order chi connectivity index (χ1) is 29.6. The van der Waals surface area contributed by atoms with Crippen LogP contribution in [0, 0.1) is 0 Å². The van der Waals surface area contributed by atoms with Crippen molar-refractivity contribution >= 4 is 5.91 Å². The van der Waals surface area contributed by atoms with Crippen LogP contribution in [-0.4, -0.2) is 46.1 Å². The van der Waals surface area contributed by atoms with Crippen molar-refractivity contribution in [2.45, 2.75) is 327 Å². The summed E-state index contributed by atoms with van der Waals surface area (Å²) in [5, 5.41) is 33.3. The Morgan fingerprint density at radius 1 is 0.383 bits per heavy atom. The van der Waals surface area contributed by atoms with E-state index in [9.17, 15) is 20.1 Å². The second-order valence-corrected chi connectivity index (χ2v) is 19.1. The molecule has 358 valence electrons. The fraction of sp³-hybridized carbons (Fsp3) is 0.945. The molecule has 0 aliphatic carbocycles. The van der Waals surface area contributed by atoms with E-state index in [1.54, 1.807) is 0 Å². The lowest BCUT2D eigenvalue weighted by Crippen LogP contribution is -2.49. The van der Waals surface area contributed by atoms with Gasteiger partial charge in [-0.1, -0.05) is 283 Å². The number of rotatable bonds is 51. The standard InChI is InChI=1S/C55H109NO4/c1-3-5-7-9-11-13-15-16-17-18-19-20-21-22-23-24-25-26-27-28-29-30-31-32-33-34-35-36-37-38-39-40-42-44-46-48-50-54(59)55(60)56-52(51-57)53(58)49-47-45-43-41-14-12-10-8-6-4-2/h26-27,52-54,57-59H,3-25,28-51H2,1-2H3,(H,56,60)/b27-26-. The highest BCUT2D eigenvalue weighted by atomic mass is 16.3. The summed E-state index contributed by atoms with van der Waals surface area (Å²) >= 11 is 0. The van der Waals surface area contributed by atoms with Crippen molar-refractivity contribution in [1.82, 2.24) is 5.32 Å². The van der Waals surface area contributed by atoms with Crippen molar-refractivity contribution in [3.05, 3.63) is 12.2 Å². The van der Waals surface area contributed by atoms with Crippen LogP contribution in [0.2, 0.25) is 0 Å². The van der Waals surface area contributed by atoms with Gasteiger partial charge in [-0.15, -0.1) is 0 Å².